The van der Waals surface area contributed by atoms with Gasteiger partial charge in [-0.2, -0.15) is 32.1 Å². The Kier molecular flexibility index (Phi) is 10.2. The van der Waals surface area contributed by atoms with E-state index in [4.69, 9.17) is 26.1 Å². The number of nitrogens with zero attached hydrogens (tertiary/aromatic N) is 5. The van der Waals surface area contributed by atoms with Crippen LogP contribution in [-0.2, 0) is 62.0 Å². The average Bonchev–Trinajstić information content (AvgIpc) is 3.44. The van der Waals surface area contributed by atoms with Crippen LogP contribution in [0.3, 0.4) is 0 Å². The number of hydrogen-bond acceptors (Lipinski definition) is 9. The Labute approximate surface area is 354 Å². The Bertz CT molecular complexity index is 2850. The number of rotatable bonds is 10. The summed E-state index contributed by atoms with van der Waals surface area (Å²) in [4.78, 5) is 19.0. The molecule has 62 heavy (non-hydrogen) atoms. The van der Waals surface area contributed by atoms with Gasteiger partial charge >= 0.3 is 6.18 Å². The number of fused-ring (bicyclic) bond motifs is 5. The van der Waals surface area contributed by atoms with Gasteiger partial charge in [-0.25, -0.2) is 22.2 Å². The summed E-state index contributed by atoms with van der Waals surface area (Å²) in [6.07, 6.45) is -5.29. The molecule has 20 heteroatoms. The van der Waals surface area contributed by atoms with E-state index in [0.717, 1.165) is 18.4 Å². The Balaban J connectivity index is 1.19. The third-order valence-electron chi connectivity index (χ3n) is 11.9. The van der Waals surface area contributed by atoms with Crippen LogP contribution < -0.4 is 0 Å². The van der Waals surface area contributed by atoms with Crippen LogP contribution in [0, 0.1) is 35.3 Å². The van der Waals surface area contributed by atoms with Crippen molar-refractivity contribution in [3.63, 3.8) is 0 Å². The Hall–Kier alpha value is -4.87. The van der Waals surface area contributed by atoms with Gasteiger partial charge in [0, 0.05) is 59.7 Å². The standard InChI is InChI=1S/C42H35ClF7N5O6S/c1-54-36-27(5-6-31(43)34(36)32(52-54)18-62(2,58)59)26-4-3-24(7-9-40(57)19-61-39-29(40)8-10-60-39)51-35(26)21(11-20-12-22(44)15-23(45)13-20)14-25(56)17-55-38-33(37(53-55)42(48,49)50)28-16-30(28)41(38,46)47/h3-6,12-13,15,21,28-30,39,57H,8,10-11,14,16-19H2,1-2H3/t21-,28+,29-,30-,39-,40?/m1/s1. The summed E-state index contributed by atoms with van der Waals surface area (Å²) in [5.74, 6) is -5.18. The molecule has 0 spiro atoms. The first-order valence-electron chi connectivity index (χ1n) is 19.5. The molecule has 3 aromatic heterocycles. The van der Waals surface area contributed by atoms with Gasteiger partial charge in [-0.3, -0.25) is 14.2 Å². The number of carbonyl (C=O) groups excluding carboxylic acids is 1. The quantitative estimate of drug-likeness (QED) is 0.116. The molecule has 2 aliphatic heterocycles. The van der Waals surface area contributed by atoms with Crippen LogP contribution in [0.2, 0.25) is 5.02 Å². The van der Waals surface area contributed by atoms with Crippen LogP contribution in [0.1, 0.15) is 70.7 Å². The molecule has 4 aliphatic rings. The maximum atomic E-state index is 15.5. The van der Waals surface area contributed by atoms with E-state index in [9.17, 15) is 40.3 Å². The summed E-state index contributed by atoms with van der Waals surface area (Å²) in [7, 11) is -2.06. The first-order chi connectivity index (χ1) is 29.1. The molecule has 3 fully saturated rings. The van der Waals surface area contributed by atoms with Gasteiger partial charge in [0.1, 0.15) is 29.6 Å². The molecule has 6 atom stereocenters. The van der Waals surface area contributed by atoms with Crippen LogP contribution in [-0.4, -0.2) is 75.2 Å². The van der Waals surface area contributed by atoms with Gasteiger partial charge in [-0.05, 0) is 67.0 Å². The van der Waals surface area contributed by atoms with Crippen molar-refractivity contribution in [2.24, 2.45) is 18.9 Å². The molecule has 326 valence electrons. The maximum Gasteiger partial charge on any atom is 0.435 e. The fourth-order valence-corrected chi connectivity index (χ4v) is 10.3. The molecule has 5 aromatic rings. The molecule has 2 saturated heterocycles. The molecule has 2 aliphatic carbocycles. The monoisotopic (exact) mass is 905 g/mol. The van der Waals surface area contributed by atoms with Crippen molar-refractivity contribution >= 4 is 38.1 Å². The number of aliphatic hydroxyl groups is 1. The molecular weight excluding hydrogens is 871 g/mol. The molecule has 0 amide bonds. The molecule has 0 radical (unpaired) electrons. The minimum absolute atomic E-state index is 0.0532. The lowest BCUT2D eigenvalue weighted by molar-refractivity contribution is -0.142. The number of aromatic nitrogens is 5. The number of aryl methyl sites for hydroxylation is 1. The summed E-state index contributed by atoms with van der Waals surface area (Å²) in [6, 6.07) is 8.90. The lowest BCUT2D eigenvalue weighted by Crippen LogP contribution is -2.35. The van der Waals surface area contributed by atoms with E-state index in [2.05, 4.69) is 22.0 Å². The second-order valence-electron chi connectivity index (χ2n) is 16.5. The molecule has 11 nitrogen and oxygen atoms in total. The highest BCUT2D eigenvalue weighted by molar-refractivity contribution is 7.89. The summed E-state index contributed by atoms with van der Waals surface area (Å²) >= 11 is 6.66. The zero-order valence-electron chi connectivity index (χ0n) is 32.7. The molecule has 1 unspecified atom stereocenters. The second-order valence-corrected chi connectivity index (χ2v) is 19.0. The highest BCUT2D eigenvalue weighted by Crippen LogP contribution is 2.68. The lowest BCUT2D eigenvalue weighted by Gasteiger charge is -2.22. The first-order valence-corrected chi connectivity index (χ1v) is 21.9. The minimum Gasteiger partial charge on any atom is -0.375 e. The normalized spacial score (nSPS) is 24.1. The van der Waals surface area contributed by atoms with E-state index in [1.807, 2.05) is 0 Å². The van der Waals surface area contributed by atoms with Crippen molar-refractivity contribution in [3.8, 4) is 23.0 Å². The molecule has 9 rings (SSSR count). The van der Waals surface area contributed by atoms with Crippen molar-refractivity contribution in [2.75, 3.05) is 19.5 Å². The SMILES string of the molecule is Cn1nc(CS(C)(=O)=O)c2c(Cl)ccc(-c3ccc(C#CC4(O)CO[C@H]5OCC[C@H]54)nc3[C@@H](CC(=O)Cn3nc(C(F)(F)F)c4c3C(F)(F)[C@@H]3C[C@H]43)Cc3cc(F)cc(F)c3)c21. The number of alkyl halides is 5. The number of pyridine rings is 1. The number of sulfone groups is 1. The summed E-state index contributed by atoms with van der Waals surface area (Å²) in [5, 5.41) is 19.8. The Morgan fingerprint density at radius 3 is 2.50 bits per heavy atom. The predicted molar refractivity (Wildman–Crippen MR) is 208 cm³/mol. The zero-order chi connectivity index (χ0) is 44.3. The summed E-state index contributed by atoms with van der Waals surface area (Å²) in [6.45, 7) is -0.801. The Morgan fingerprint density at radius 1 is 1.06 bits per heavy atom. The molecular formula is C42H35ClF7N5O6S. The number of benzene rings is 2. The van der Waals surface area contributed by atoms with Crippen molar-refractivity contribution in [3.05, 3.63) is 98.7 Å². The molecule has 5 heterocycles. The van der Waals surface area contributed by atoms with Gasteiger partial charge in [-0.1, -0.05) is 23.6 Å². The van der Waals surface area contributed by atoms with Crippen LogP contribution >= 0.6 is 11.6 Å². The third-order valence-corrected chi connectivity index (χ3v) is 13.1. The molecule has 0 bridgehead atoms. The number of halogens is 8. The molecule has 1 N–H and O–H groups in total. The van der Waals surface area contributed by atoms with Crippen LogP contribution in [0.15, 0.2) is 42.5 Å². The molecule has 1 saturated carbocycles. The fourth-order valence-electron chi connectivity index (χ4n) is 9.30. The summed E-state index contributed by atoms with van der Waals surface area (Å²) < 4.78 is 141. The molecule has 2 aromatic carbocycles. The number of carbonyl (C=O) groups is 1. The Morgan fingerprint density at radius 2 is 1.79 bits per heavy atom. The van der Waals surface area contributed by atoms with E-state index in [-0.39, 0.29) is 52.5 Å². The summed E-state index contributed by atoms with van der Waals surface area (Å²) in [5.41, 5.74) is -3.34. The van der Waals surface area contributed by atoms with E-state index in [0.29, 0.717) is 40.4 Å². The highest BCUT2D eigenvalue weighted by Gasteiger charge is 2.68. The van der Waals surface area contributed by atoms with Gasteiger partial charge in [0.25, 0.3) is 5.92 Å². The van der Waals surface area contributed by atoms with Crippen LogP contribution in [0.5, 0.6) is 0 Å². The van der Waals surface area contributed by atoms with E-state index < -0.39 is 111 Å². The smallest absolute Gasteiger partial charge is 0.375 e. The number of ketones is 1. The number of hydrogen-bond donors (Lipinski definition) is 1. The van der Waals surface area contributed by atoms with Gasteiger partial charge in [0.15, 0.2) is 33.2 Å². The van der Waals surface area contributed by atoms with Crippen molar-refractivity contribution in [1.29, 1.82) is 0 Å². The largest absolute Gasteiger partial charge is 0.435 e. The average molecular weight is 906 g/mol. The number of Topliss-reactive ketones (excluding diaryl/α,β-unsaturated/α-hetero) is 1. The topological polar surface area (TPSA) is 138 Å². The van der Waals surface area contributed by atoms with Crippen LogP contribution in [0.4, 0.5) is 30.7 Å². The van der Waals surface area contributed by atoms with Crippen LogP contribution in [0.25, 0.3) is 22.0 Å². The van der Waals surface area contributed by atoms with Gasteiger partial charge < -0.3 is 14.6 Å². The highest BCUT2D eigenvalue weighted by atomic mass is 35.5. The number of ether oxygens (including phenoxy) is 2. The third kappa shape index (κ3) is 7.56. The first kappa shape index (κ1) is 42.4. The van der Waals surface area contributed by atoms with Gasteiger partial charge in [-0.15, -0.1) is 0 Å². The lowest BCUT2D eigenvalue weighted by atomic mass is 9.86. The van der Waals surface area contributed by atoms with E-state index in [1.54, 1.807) is 19.2 Å². The van der Waals surface area contributed by atoms with Gasteiger partial charge in [0.2, 0.25) is 0 Å². The van der Waals surface area contributed by atoms with E-state index in [1.165, 1.54) is 16.8 Å². The maximum absolute atomic E-state index is 15.5. The fraction of sp³-hybridized carbons (Fsp3) is 0.429. The van der Waals surface area contributed by atoms with Gasteiger partial charge in [0.05, 0.1) is 46.8 Å². The predicted octanol–water partition coefficient (Wildman–Crippen LogP) is 7.00. The minimum atomic E-state index is -5.07. The van der Waals surface area contributed by atoms with Crippen molar-refractivity contribution < 1.29 is 58.5 Å². The second kappa shape index (κ2) is 14.9. The van der Waals surface area contributed by atoms with E-state index >= 15 is 8.78 Å². The zero-order valence-corrected chi connectivity index (χ0v) is 34.3. The van der Waals surface area contributed by atoms with Crippen molar-refractivity contribution in [2.45, 2.75) is 73.8 Å². The van der Waals surface area contributed by atoms with Crippen molar-refractivity contribution in [1.82, 2.24) is 24.5 Å².